The van der Waals surface area contributed by atoms with Gasteiger partial charge in [-0.1, -0.05) is 238 Å². The maximum atomic E-state index is 13.1. The van der Waals surface area contributed by atoms with Gasteiger partial charge >= 0.3 is 5.97 Å². The number of allylic oxidation sites excluding steroid dienone is 2. The Labute approximate surface area is 456 Å². The number of hydrogen-bond donors (Lipinski definition) is 7. The molecule has 0 aromatic heterocycles. The lowest BCUT2D eigenvalue weighted by molar-refractivity contribution is -0.332. The highest BCUT2D eigenvalue weighted by molar-refractivity contribution is 5.69. The number of esters is 1. The Kier molecular flexibility index (Phi) is 45.3. The second kappa shape index (κ2) is 48.6. The van der Waals surface area contributed by atoms with Crippen molar-refractivity contribution in [2.45, 2.75) is 338 Å². The molecule has 2 aliphatic heterocycles. The van der Waals surface area contributed by atoms with Crippen LogP contribution >= 0.6 is 0 Å². The lowest BCUT2D eigenvalue weighted by atomic mass is 9.98. The number of carbonyl (C=O) groups is 1. The van der Waals surface area contributed by atoms with E-state index in [2.05, 4.69) is 26.0 Å². The zero-order valence-corrected chi connectivity index (χ0v) is 47.8. The minimum atomic E-state index is -1.70. The molecule has 11 atom stereocenters. The van der Waals surface area contributed by atoms with Gasteiger partial charge in [-0.3, -0.25) is 4.79 Å². The van der Waals surface area contributed by atoms with Gasteiger partial charge in [-0.05, 0) is 38.5 Å². The van der Waals surface area contributed by atoms with Crippen molar-refractivity contribution in [1.82, 2.24) is 0 Å². The predicted molar refractivity (Wildman–Crippen MR) is 298 cm³/mol. The molecule has 444 valence electrons. The summed E-state index contributed by atoms with van der Waals surface area (Å²) in [5.74, 6) is -0.378. The molecule has 14 heteroatoms. The molecule has 2 aliphatic rings. The third-order valence-corrected chi connectivity index (χ3v) is 15.3. The molecule has 14 nitrogen and oxygen atoms in total. The van der Waals surface area contributed by atoms with Crippen molar-refractivity contribution in [2.75, 3.05) is 33.0 Å². The minimum absolute atomic E-state index is 0.0647. The molecule has 11 unspecified atom stereocenters. The summed E-state index contributed by atoms with van der Waals surface area (Å²) in [6.07, 6.45) is 38.6. The largest absolute Gasteiger partial charge is 0.457 e. The quantitative estimate of drug-likeness (QED) is 0.0172. The van der Waals surface area contributed by atoms with Crippen molar-refractivity contribution in [3.63, 3.8) is 0 Å². The van der Waals surface area contributed by atoms with Gasteiger partial charge in [0.2, 0.25) is 0 Å². The highest BCUT2D eigenvalue weighted by atomic mass is 16.7. The Morgan fingerprint density at radius 3 is 1.21 bits per heavy atom. The molecule has 2 heterocycles. The smallest absolute Gasteiger partial charge is 0.306 e. The normalized spacial score (nSPS) is 24.6. The highest BCUT2D eigenvalue weighted by Gasteiger charge is 2.47. The van der Waals surface area contributed by atoms with E-state index in [-0.39, 0.29) is 25.6 Å². The van der Waals surface area contributed by atoms with Crippen molar-refractivity contribution in [2.24, 2.45) is 0 Å². The third-order valence-electron chi connectivity index (χ3n) is 15.3. The molecule has 0 aliphatic carbocycles. The molecule has 0 radical (unpaired) electrons. The molecule has 0 spiro atoms. The first-order valence-corrected chi connectivity index (χ1v) is 31.3. The molecule has 2 fully saturated rings. The molecule has 7 N–H and O–H groups in total. The number of hydrogen-bond acceptors (Lipinski definition) is 14. The molecular weight excluding hydrogens is 957 g/mol. The molecule has 0 amide bonds. The van der Waals surface area contributed by atoms with Crippen molar-refractivity contribution >= 4 is 5.97 Å². The van der Waals surface area contributed by atoms with Crippen molar-refractivity contribution in [3.8, 4) is 0 Å². The Morgan fingerprint density at radius 2 is 0.787 bits per heavy atom. The molecule has 0 saturated carbocycles. The van der Waals surface area contributed by atoms with Gasteiger partial charge in [0.1, 0.15) is 54.9 Å². The standard InChI is InChI=1S/C61H116O14/c1-3-5-7-9-11-13-15-17-19-20-21-22-23-24-25-26-27-28-29-31-33-35-37-39-41-43-45-70-47-50(73-53(63)44-42-40-38-36-34-32-30-18-16-14-12-10-8-6-4-2)48-71-60-59(69)57(67)55(65)52(75-60)49-72-61-58(68)56(66)54(64)51(46-62)74-61/h18,30,50-52,54-62,64-69H,3-17,19-29,31-49H2,1-2H3/b30-18-. The summed E-state index contributed by atoms with van der Waals surface area (Å²) in [5.41, 5.74) is 0. The fourth-order valence-electron chi connectivity index (χ4n) is 10.2. The summed E-state index contributed by atoms with van der Waals surface area (Å²) in [5, 5.41) is 72.4. The van der Waals surface area contributed by atoms with Crippen LogP contribution in [0.5, 0.6) is 0 Å². The third kappa shape index (κ3) is 35.2. The van der Waals surface area contributed by atoms with E-state index in [1.54, 1.807) is 0 Å². The Bertz CT molecular complexity index is 1290. The van der Waals surface area contributed by atoms with Crippen molar-refractivity contribution in [3.05, 3.63) is 12.2 Å². The topological polar surface area (TPSA) is 214 Å². The Morgan fingerprint density at radius 1 is 0.427 bits per heavy atom. The van der Waals surface area contributed by atoms with Crippen molar-refractivity contribution in [1.29, 1.82) is 0 Å². The number of rotatable bonds is 52. The summed E-state index contributed by atoms with van der Waals surface area (Å²) in [6, 6.07) is 0. The summed E-state index contributed by atoms with van der Waals surface area (Å²) >= 11 is 0. The van der Waals surface area contributed by atoms with Crippen LogP contribution in [0, 0.1) is 0 Å². The number of ether oxygens (including phenoxy) is 6. The first kappa shape index (κ1) is 69.8. The van der Waals surface area contributed by atoms with Crippen LogP contribution in [0.25, 0.3) is 0 Å². The van der Waals surface area contributed by atoms with Crippen LogP contribution in [0.15, 0.2) is 12.2 Å². The van der Waals surface area contributed by atoms with Crippen LogP contribution in [-0.2, 0) is 33.2 Å². The van der Waals surface area contributed by atoms with Crippen LogP contribution in [0.3, 0.4) is 0 Å². The fraction of sp³-hybridized carbons (Fsp3) is 0.951. The van der Waals surface area contributed by atoms with Crippen LogP contribution < -0.4 is 0 Å². The molecule has 0 bridgehead atoms. The van der Waals surface area contributed by atoms with E-state index in [0.717, 1.165) is 57.8 Å². The van der Waals surface area contributed by atoms with Gasteiger partial charge in [-0.25, -0.2) is 0 Å². The number of aliphatic hydroxyl groups excluding tert-OH is 7. The zero-order chi connectivity index (χ0) is 54.4. The SMILES string of the molecule is CCCCCCCC/C=C\CCCCCCCC(=O)OC(COCCCCCCCCCCCCCCCCCCCCCCCCCCCC)COC1OC(COC2OC(CO)C(O)C(O)C2O)C(O)C(O)C1O. The maximum Gasteiger partial charge on any atom is 0.306 e. The Balaban J connectivity index is 1.65. The van der Waals surface area contributed by atoms with Gasteiger partial charge < -0.3 is 64.2 Å². The van der Waals surface area contributed by atoms with Gasteiger partial charge in [0.25, 0.3) is 0 Å². The minimum Gasteiger partial charge on any atom is -0.457 e. The number of carbonyl (C=O) groups excluding carboxylic acids is 1. The molecule has 0 aromatic rings. The average molecular weight is 1070 g/mol. The van der Waals surface area contributed by atoms with E-state index in [9.17, 15) is 40.5 Å². The van der Waals surface area contributed by atoms with E-state index in [1.165, 1.54) is 186 Å². The second-order valence-corrected chi connectivity index (χ2v) is 22.2. The molecular formula is C61H116O14. The maximum absolute atomic E-state index is 13.1. The van der Waals surface area contributed by atoms with Crippen LogP contribution in [0.2, 0.25) is 0 Å². The summed E-state index contributed by atoms with van der Waals surface area (Å²) in [6.45, 7) is 3.74. The molecule has 2 rings (SSSR count). The first-order valence-electron chi connectivity index (χ1n) is 31.3. The molecule has 0 aromatic carbocycles. The second-order valence-electron chi connectivity index (χ2n) is 22.2. The zero-order valence-electron chi connectivity index (χ0n) is 47.8. The molecule has 75 heavy (non-hydrogen) atoms. The van der Waals surface area contributed by atoms with Crippen LogP contribution in [-0.4, -0.2) is 142 Å². The van der Waals surface area contributed by atoms with E-state index in [4.69, 9.17) is 28.4 Å². The number of unbranched alkanes of at least 4 members (excludes halogenated alkanes) is 36. The lowest BCUT2D eigenvalue weighted by Crippen LogP contribution is -2.61. The summed E-state index contributed by atoms with van der Waals surface area (Å²) in [7, 11) is 0. The van der Waals surface area contributed by atoms with Gasteiger partial charge in [-0.2, -0.15) is 0 Å². The van der Waals surface area contributed by atoms with Crippen LogP contribution in [0.4, 0.5) is 0 Å². The lowest BCUT2D eigenvalue weighted by Gasteiger charge is -2.42. The summed E-state index contributed by atoms with van der Waals surface area (Å²) < 4.78 is 34.4. The monoisotopic (exact) mass is 1070 g/mol. The average Bonchev–Trinajstić information content (AvgIpc) is 3.41. The van der Waals surface area contributed by atoms with E-state index < -0.39 is 80.7 Å². The highest BCUT2D eigenvalue weighted by Crippen LogP contribution is 2.27. The summed E-state index contributed by atoms with van der Waals surface area (Å²) in [4.78, 5) is 13.1. The van der Waals surface area contributed by atoms with E-state index in [0.29, 0.717) is 13.0 Å². The van der Waals surface area contributed by atoms with E-state index >= 15 is 0 Å². The first-order chi connectivity index (χ1) is 36.6. The van der Waals surface area contributed by atoms with Gasteiger partial charge in [0.05, 0.1) is 26.4 Å². The predicted octanol–water partition coefficient (Wildman–Crippen LogP) is 11.8. The van der Waals surface area contributed by atoms with Crippen LogP contribution in [0.1, 0.15) is 271 Å². The van der Waals surface area contributed by atoms with E-state index in [1.807, 2.05) is 0 Å². The van der Waals surface area contributed by atoms with Gasteiger partial charge in [0.15, 0.2) is 12.6 Å². The van der Waals surface area contributed by atoms with Gasteiger partial charge in [0, 0.05) is 13.0 Å². The fourth-order valence-corrected chi connectivity index (χ4v) is 10.2. The van der Waals surface area contributed by atoms with Gasteiger partial charge in [-0.15, -0.1) is 0 Å². The molecule has 2 saturated heterocycles. The van der Waals surface area contributed by atoms with Crippen molar-refractivity contribution < 1.29 is 69.0 Å². The Hall–Kier alpha value is -1.27. The number of aliphatic hydroxyl groups is 7.